The quantitative estimate of drug-likeness (QED) is 0.565. The van der Waals surface area contributed by atoms with Crippen LogP contribution in [0.4, 0.5) is 5.69 Å². The molecule has 4 rings (SSSR count). The van der Waals surface area contributed by atoms with Crippen LogP contribution in [0.25, 0.3) is 16.3 Å². The smallest absolute Gasteiger partial charge is 0.274 e. The Kier molecular flexibility index (Phi) is 4.52. The van der Waals surface area contributed by atoms with Crippen LogP contribution >= 0.6 is 11.3 Å². The second-order valence-corrected chi connectivity index (χ2v) is 6.73. The standard InChI is InChI=1S/C21H14N4OS/c22-14-15-8-10-16(11-9-15)23-21(26)19-13-18(20-7-4-12-27-20)24-25(19)17-5-2-1-3-6-17/h1-13H,(H,23,26). The molecule has 0 bridgehead atoms. The maximum Gasteiger partial charge on any atom is 0.274 e. The van der Waals surface area contributed by atoms with E-state index in [4.69, 9.17) is 5.26 Å². The first kappa shape index (κ1) is 16.8. The molecule has 0 saturated heterocycles. The van der Waals surface area contributed by atoms with Crippen molar-refractivity contribution in [2.24, 2.45) is 0 Å². The van der Waals surface area contributed by atoms with E-state index >= 15 is 0 Å². The number of aromatic nitrogens is 2. The zero-order valence-electron chi connectivity index (χ0n) is 14.2. The summed E-state index contributed by atoms with van der Waals surface area (Å²) >= 11 is 1.57. The van der Waals surface area contributed by atoms with Crippen LogP contribution in [0, 0.1) is 11.3 Å². The first-order valence-electron chi connectivity index (χ1n) is 8.25. The number of hydrogen-bond acceptors (Lipinski definition) is 4. The molecule has 4 aromatic rings. The third-order valence-corrected chi connectivity index (χ3v) is 4.88. The minimum atomic E-state index is -0.265. The molecule has 27 heavy (non-hydrogen) atoms. The number of rotatable bonds is 4. The number of hydrogen-bond donors (Lipinski definition) is 1. The summed E-state index contributed by atoms with van der Waals surface area (Å²) in [5.41, 5.74) is 3.16. The van der Waals surface area contributed by atoms with Gasteiger partial charge in [-0.2, -0.15) is 10.4 Å². The molecule has 0 spiro atoms. The molecule has 130 valence electrons. The van der Waals surface area contributed by atoms with E-state index in [-0.39, 0.29) is 5.91 Å². The molecule has 0 unspecified atom stereocenters. The SMILES string of the molecule is N#Cc1ccc(NC(=O)c2cc(-c3cccs3)nn2-c2ccccc2)cc1. The predicted molar refractivity (Wildman–Crippen MR) is 106 cm³/mol. The number of nitrogens with zero attached hydrogens (tertiary/aromatic N) is 3. The third kappa shape index (κ3) is 3.50. The van der Waals surface area contributed by atoms with Crippen LogP contribution in [0.2, 0.25) is 0 Å². The number of nitriles is 1. The normalized spacial score (nSPS) is 10.3. The van der Waals surface area contributed by atoms with Crippen LogP contribution in [0.1, 0.15) is 16.1 Å². The van der Waals surface area contributed by atoms with Crippen molar-refractivity contribution in [3.8, 4) is 22.3 Å². The number of para-hydroxylation sites is 1. The lowest BCUT2D eigenvalue weighted by Gasteiger charge is -2.08. The highest BCUT2D eigenvalue weighted by Gasteiger charge is 2.18. The maximum atomic E-state index is 12.9. The van der Waals surface area contributed by atoms with Gasteiger partial charge in [0.25, 0.3) is 5.91 Å². The van der Waals surface area contributed by atoms with Gasteiger partial charge in [-0.15, -0.1) is 11.3 Å². The Balaban J connectivity index is 1.71. The van der Waals surface area contributed by atoms with Crippen LogP contribution < -0.4 is 5.32 Å². The number of carbonyl (C=O) groups is 1. The Hall–Kier alpha value is -3.69. The van der Waals surface area contributed by atoms with Crippen molar-refractivity contribution in [3.05, 3.63) is 89.4 Å². The van der Waals surface area contributed by atoms with E-state index in [1.54, 1.807) is 46.4 Å². The second-order valence-electron chi connectivity index (χ2n) is 5.78. The average Bonchev–Trinajstić information content (AvgIpc) is 3.39. The Morgan fingerprint density at radius 2 is 1.81 bits per heavy atom. The van der Waals surface area contributed by atoms with Crippen LogP contribution in [-0.4, -0.2) is 15.7 Å². The van der Waals surface area contributed by atoms with E-state index in [1.165, 1.54) is 0 Å². The van der Waals surface area contributed by atoms with Gasteiger partial charge in [-0.05, 0) is 53.9 Å². The first-order valence-corrected chi connectivity index (χ1v) is 9.13. The summed E-state index contributed by atoms with van der Waals surface area (Å²) < 4.78 is 1.65. The molecule has 6 heteroatoms. The lowest BCUT2D eigenvalue weighted by atomic mass is 10.2. The topological polar surface area (TPSA) is 70.7 Å². The molecule has 1 N–H and O–H groups in total. The summed E-state index contributed by atoms with van der Waals surface area (Å²) in [6, 6.07) is 24.1. The van der Waals surface area contributed by atoms with Crippen molar-refractivity contribution in [2.75, 3.05) is 5.32 Å². The summed E-state index contributed by atoms with van der Waals surface area (Å²) in [5, 5.41) is 18.4. The number of thiophene rings is 1. The molecule has 1 amide bonds. The third-order valence-electron chi connectivity index (χ3n) is 3.99. The molecule has 0 aliphatic carbocycles. The van der Waals surface area contributed by atoms with Crippen molar-refractivity contribution in [1.29, 1.82) is 5.26 Å². The van der Waals surface area contributed by atoms with Gasteiger partial charge < -0.3 is 5.32 Å². The van der Waals surface area contributed by atoms with E-state index in [9.17, 15) is 4.79 Å². The Bertz CT molecular complexity index is 1110. The van der Waals surface area contributed by atoms with Gasteiger partial charge in [-0.3, -0.25) is 4.79 Å². The van der Waals surface area contributed by atoms with Crippen LogP contribution in [0.5, 0.6) is 0 Å². The minimum Gasteiger partial charge on any atom is -0.321 e. The highest BCUT2D eigenvalue weighted by molar-refractivity contribution is 7.13. The van der Waals surface area contributed by atoms with Crippen molar-refractivity contribution in [2.45, 2.75) is 0 Å². The molecular formula is C21H14N4OS. The Labute approximate surface area is 160 Å². The Morgan fingerprint density at radius 3 is 2.48 bits per heavy atom. The zero-order chi connectivity index (χ0) is 18.6. The van der Waals surface area contributed by atoms with Crippen molar-refractivity contribution >= 4 is 22.9 Å². The van der Waals surface area contributed by atoms with Crippen molar-refractivity contribution < 1.29 is 4.79 Å². The van der Waals surface area contributed by atoms with E-state index in [0.29, 0.717) is 16.9 Å². The van der Waals surface area contributed by atoms with E-state index in [1.807, 2.05) is 47.8 Å². The number of anilines is 1. The minimum absolute atomic E-state index is 0.265. The van der Waals surface area contributed by atoms with E-state index in [2.05, 4.69) is 16.5 Å². The van der Waals surface area contributed by atoms with Crippen molar-refractivity contribution in [3.63, 3.8) is 0 Å². The van der Waals surface area contributed by atoms with E-state index < -0.39 is 0 Å². The maximum absolute atomic E-state index is 12.9. The van der Waals surface area contributed by atoms with Crippen molar-refractivity contribution in [1.82, 2.24) is 9.78 Å². The van der Waals surface area contributed by atoms with Crippen LogP contribution in [-0.2, 0) is 0 Å². The largest absolute Gasteiger partial charge is 0.321 e. The molecule has 0 aliphatic heterocycles. The molecule has 0 radical (unpaired) electrons. The van der Waals surface area contributed by atoms with Gasteiger partial charge in [0.2, 0.25) is 0 Å². The van der Waals surface area contributed by atoms with E-state index in [0.717, 1.165) is 16.3 Å². The van der Waals surface area contributed by atoms with Crippen LogP contribution in [0.3, 0.4) is 0 Å². The van der Waals surface area contributed by atoms with Gasteiger partial charge in [0.1, 0.15) is 11.4 Å². The molecule has 2 aromatic carbocycles. The zero-order valence-corrected chi connectivity index (χ0v) is 15.0. The fourth-order valence-corrected chi connectivity index (χ4v) is 3.36. The van der Waals surface area contributed by atoms with Gasteiger partial charge in [0, 0.05) is 5.69 Å². The summed E-state index contributed by atoms with van der Waals surface area (Å²) in [7, 11) is 0. The predicted octanol–water partition coefficient (Wildman–Crippen LogP) is 4.72. The first-order chi connectivity index (χ1) is 13.2. The molecule has 2 aromatic heterocycles. The van der Waals surface area contributed by atoms with Gasteiger partial charge in [0.05, 0.1) is 22.2 Å². The number of nitrogens with one attached hydrogen (secondary N) is 1. The fraction of sp³-hybridized carbons (Fsp3) is 0. The molecule has 0 fully saturated rings. The summed E-state index contributed by atoms with van der Waals surface area (Å²) in [6.07, 6.45) is 0. The molecule has 0 saturated carbocycles. The lowest BCUT2D eigenvalue weighted by molar-refractivity contribution is 0.101. The summed E-state index contributed by atoms with van der Waals surface area (Å²) in [5.74, 6) is -0.265. The summed E-state index contributed by atoms with van der Waals surface area (Å²) in [4.78, 5) is 13.9. The van der Waals surface area contributed by atoms with Gasteiger partial charge in [-0.1, -0.05) is 24.3 Å². The fourth-order valence-electron chi connectivity index (χ4n) is 2.68. The highest BCUT2D eigenvalue weighted by Crippen LogP contribution is 2.26. The Morgan fingerprint density at radius 1 is 1.04 bits per heavy atom. The second kappa shape index (κ2) is 7.28. The number of benzene rings is 2. The lowest BCUT2D eigenvalue weighted by Crippen LogP contribution is -2.16. The van der Waals surface area contributed by atoms with Gasteiger partial charge >= 0.3 is 0 Å². The molecule has 2 heterocycles. The van der Waals surface area contributed by atoms with Crippen LogP contribution in [0.15, 0.2) is 78.2 Å². The molecule has 0 atom stereocenters. The molecular weight excluding hydrogens is 356 g/mol. The monoisotopic (exact) mass is 370 g/mol. The summed E-state index contributed by atoms with van der Waals surface area (Å²) in [6.45, 7) is 0. The molecule has 5 nitrogen and oxygen atoms in total. The number of carbonyl (C=O) groups excluding carboxylic acids is 1. The average molecular weight is 370 g/mol. The number of amides is 1. The highest BCUT2D eigenvalue weighted by atomic mass is 32.1. The van der Waals surface area contributed by atoms with Gasteiger partial charge in [-0.25, -0.2) is 4.68 Å². The molecule has 0 aliphatic rings. The van der Waals surface area contributed by atoms with Gasteiger partial charge in [0.15, 0.2) is 0 Å².